The summed E-state index contributed by atoms with van der Waals surface area (Å²) in [6, 6.07) is 4.55. The molecular formula is C16H27NS. The van der Waals surface area contributed by atoms with Crippen LogP contribution >= 0.6 is 11.3 Å². The van der Waals surface area contributed by atoms with Crippen LogP contribution in [0.2, 0.25) is 0 Å². The summed E-state index contributed by atoms with van der Waals surface area (Å²) in [6.45, 7) is 6.90. The van der Waals surface area contributed by atoms with Crippen LogP contribution in [0.1, 0.15) is 55.7 Å². The predicted molar refractivity (Wildman–Crippen MR) is 81.1 cm³/mol. The van der Waals surface area contributed by atoms with Gasteiger partial charge in [0.25, 0.3) is 0 Å². The third-order valence-electron chi connectivity index (χ3n) is 4.14. The van der Waals surface area contributed by atoms with Crippen molar-refractivity contribution in [3.8, 4) is 0 Å². The molecule has 1 nitrogen and oxygen atoms in total. The summed E-state index contributed by atoms with van der Waals surface area (Å²) < 4.78 is 0. The van der Waals surface area contributed by atoms with E-state index in [4.69, 9.17) is 0 Å². The Kier molecular flexibility index (Phi) is 5.71. The van der Waals surface area contributed by atoms with E-state index >= 15 is 0 Å². The van der Waals surface area contributed by atoms with Crippen molar-refractivity contribution >= 4 is 11.3 Å². The van der Waals surface area contributed by atoms with E-state index in [0.717, 1.165) is 18.4 Å². The number of hydrogen-bond donors (Lipinski definition) is 1. The van der Waals surface area contributed by atoms with Gasteiger partial charge in [0.1, 0.15) is 0 Å². The lowest BCUT2D eigenvalue weighted by Crippen LogP contribution is -2.20. The highest BCUT2D eigenvalue weighted by molar-refractivity contribution is 7.11. The van der Waals surface area contributed by atoms with E-state index in [1.807, 2.05) is 11.3 Å². The Morgan fingerprint density at radius 2 is 2.11 bits per heavy atom. The molecule has 0 radical (unpaired) electrons. The van der Waals surface area contributed by atoms with Crippen molar-refractivity contribution in [3.63, 3.8) is 0 Å². The van der Waals surface area contributed by atoms with Gasteiger partial charge in [0.15, 0.2) is 0 Å². The Hall–Kier alpha value is -0.340. The SMILES string of the molecule is CCc1ccc(CNCCC2CCCC(C)C2)s1. The van der Waals surface area contributed by atoms with Crippen LogP contribution in [0.15, 0.2) is 12.1 Å². The average Bonchev–Trinajstić information content (AvgIpc) is 2.83. The molecule has 2 unspecified atom stereocenters. The van der Waals surface area contributed by atoms with Crippen molar-refractivity contribution in [3.05, 3.63) is 21.9 Å². The smallest absolute Gasteiger partial charge is 0.0299 e. The normalized spacial score (nSPS) is 24.3. The number of aryl methyl sites for hydroxylation is 1. The van der Waals surface area contributed by atoms with Crippen molar-refractivity contribution in [1.29, 1.82) is 0 Å². The van der Waals surface area contributed by atoms with Crippen LogP contribution in [0, 0.1) is 11.8 Å². The molecule has 1 aliphatic rings. The van der Waals surface area contributed by atoms with Crippen molar-refractivity contribution < 1.29 is 0 Å². The third-order valence-corrected chi connectivity index (χ3v) is 5.37. The molecule has 0 spiro atoms. The molecule has 0 saturated heterocycles. The molecule has 2 heteroatoms. The fraction of sp³-hybridized carbons (Fsp3) is 0.750. The zero-order valence-electron chi connectivity index (χ0n) is 11.9. The first-order valence-corrected chi connectivity index (χ1v) is 8.38. The lowest BCUT2D eigenvalue weighted by molar-refractivity contribution is 0.267. The molecule has 0 amide bonds. The van der Waals surface area contributed by atoms with E-state index in [0.29, 0.717) is 0 Å². The molecule has 1 aromatic heterocycles. The molecule has 0 bridgehead atoms. The average molecular weight is 265 g/mol. The molecule has 1 saturated carbocycles. The number of thiophene rings is 1. The molecule has 2 atom stereocenters. The zero-order valence-corrected chi connectivity index (χ0v) is 12.7. The summed E-state index contributed by atoms with van der Waals surface area (Å²) in [5.41, 5.74) is 0. The maximum Gasteiger partial charge on any atom is 0.0299 e. The molecule has 1 aromatic rings. The Balaban J connectivity index is 1.60. The monoisotopic (exact) mass is 265 g/mol. The molecular weight excluding hydrogens is 238 g/mol. The fourth-order valence-electron chi connectivity index (χ4n) is 3.05. The summed E-state index contributed by atoms with van der Waals surface area (Å²) in [7, 11) is 0. The largest absolute Gasteiger partial charge is 0.312 e. The highest BCUT2D eigenvalue weighted by atomic mass is 32.1. The topological polar surface area (TPSA) is 12.0 Å². The number of nitrogens with one attached hydrogen (secondary N) is 1. The standard InChI is InChI=1S/C16H27NS/c1-3-15-7-8-16(18-15)12-17-10-9-14-6-4-5-13(2)11-14/h7-8,13-14,17H,3-6,9-12H2,1-2H3. The Morgan fingerprint density at radius 1 is 1.28 bits per heavy atom. The Labute approximate surface area is 116 Å². The predicted octanol–water partition coefficient (Wildman–Crippen LogP) is 4.62. The van der Waals surface area contributed by atoms with Gasteiger partial charge in [0.2, 0.25) is 0 Å². The van der Waals surface area contributed by atoms with Crippen LogP contribution in [-0.4, -0.2) is 6.54 Å². The summed E-state index contributed by atoms with van der Waals surface area (Å²) >= 11 is 1.96. The second-order valence-electron chi connectivity index (χ2n) is 5.82. The van der Waals surface area contributed by atoms with Gasteiger partial charge in [-0.25, -0.2) is 0 Å². The van der Waals surface area contributed by atoms with Gasteiger partial charge in [0, 0.05) is 16.3 Å². The van der Waals surface area contributed by atoms with E-state index in [9.17, 15) is 0 Å². The summed E-state index contributed by atoms with van der Waals surface area (Å²) in [5.74, 6) is 1.95. The van der Waals surface area contributed by atoms with Gasteiger partial charge in [-0.1, -0.05) is 33.1 Å². The minimum Gasteiger partial charge on any atom is -0.312 e. The Bertz CT molecular complexity index is 345. The second kappa shape index (κ2) is 7.30. The summed E-state index contributed by atoms with van der Waals surface area (Å²) in [5, 5.41) is 3.61. The first-order valence-electron chi connectivity index (χ1n) is 7.56. The molecule has 1 heterocycles. The lowest BCUT2D eigenvalue weighted by atomic mass is 9.81. The van der Waals surface area contributed by atoms with Gasteiger partial charge in [-0.2, -0.15) is 0 Å². The molecule has 0 aromatic carbocycles. The van der Waals surface area contributed by atoms with Gasteiger partial charge < -0.3 is 5.32 Å². The van der Waals surface area contributed by atoms with Crippen LogP contribution in [0.5, 0.6) is 0 Å². The lowest BCUT2D eigenvalue weighted by Gasteiger charge is -2.26. The van der Waals surface area contributed by atoms with Gasteiger partial charge in [-0.15, -0.1) is 11.3 Å². The fourth-order valence-corrected chi connectivity index (χ4v) is 3.97. The quantitative estimate of drug-likeness (QED) is 0.740. The van der Waals surface area contributed by atoms with Gasteiger partial charge in [-0.05, 0) is 49.8 Å². The van der Waals surface area contributed by atoms with E-state index in [1.54, 1.807) is 0 Å². The van der Waals surface area contributed by atoms with E-state index in [-0.39, 0.29) is 0 Å². The zero-order chi connectivity index (χ0) is 12.8. The third kappa shape index (κ3) is 4.40. The molecule has 1 fully saturated rings. The van der Waals surface area contributed by atoms with E-state index in [1.165, 1.54) is 54.8 Å². The second-order valence-corrected chi connectivity index (χ2v) is 7.08. The van der Waals surface area contributed by atoms with Crippen LogP contribution in [0.3, 0.4) is 0 Å². The minimum atomic E-state index is 0.966. The van der Waals surface area contributed by atoms with Crippen LogP contribution < -0.4 is 5.32 Å². The first-order chi connectivity index (χ1) is 8.78. The van der Waals surface area contributed by atoms with Gasteiger partial charge in [-0.3, -0.25) is 0 Å². The van der Waals surface area contributed by atoms with Crippen molar-refractivity contribution in [1.82, 2.24) is 5.32 Å². The van der Waals surface area contributed by atoms with Crippen LogP contribution in [-0.2, 0) is 13.0 Å². The van der Waals surface area contributed by atoms with Gasteiger partial charge in [0.05, 0.1) is 0 Å². The molecule has 102 valence electrons. The molecule has 1 aliphatic carbocycles. The van der Waals surface area contributed by atoms with Crippen LogP contribution in [0.4, 0.5) is 0 Å². The highest BCUT2D eigenvalue weighted by Gasteiger charge is 2.17. The maximum absolute atomic E-state index is 3.61. The van der Waals surface area contributed by atoms with E-state index in [2.05, 4.69) is 31.3 Å². The number of hydrogen-bond acceptors (Lipinski definition) is 2. The molecule has 2 rings (SSSR count). The maximum atomic E-state index is 3.61. The summed E-state index contributed by atoms with van der Waals surface area (Å²) in [6.07, 6.45) is 8.38. The first kappa shape index (κ1) is 14.1. The molecule has 0 aliphatic heterocycles. The van der Waals surface area contributed by atoms with E-state index < -0.39 is 0 Å². The van der Waals surface area contributed by atoms with Gasteiger partial charge >= 0.3 is 0 Å². The minimum absolute atomic E-state index is 0.966. The highest BCUT2D eigenvalue weighted by Crippen LogP contribution is 2.30. The number of rotatable bonds is 6. The summed E-state index contributed by atoms with van der Waals surface area (Å²) in [4.78, 5) is 3.00. The van der Waals surface area contributed by atoms with Crippen molar-refractivity contribution in [2.75, 3.05) is 6.54 Å². The Morgan fingerprint density at radius 3 is 2.83 bits per heavy atom. The van der Waals surface area contributed by atoms with Crippen molar-refractivity contribution in [2.45, 2.75) is 58.9 Å². The molecule has 18 heavy (non-hydrogen) atoms. The van der Waals surface area contributed by atoms with Crippen LogP contribution in [0.25, 0.3) is 0 Å². The van der Waals surface area contributed by atoms with Crippen molar-refractivity contribution in [2.24, 2.45) is 11.8 Å². The molecule has 1 N–H and O–H groups in total.